The summed E-state index contributed by atoms with van der Waals surface area (Å²) in [5.41, 5.74) is 2.62. The third-order valence-corrected chi connectivity index (χ3v) is 4.76. The Morgan fingerprint density at radius 1 is 1.19 bits per heavy atom. The van der Waals surface area contributed by atoms with Gasteiger partial charge in [0.15, 0.2) is 11.5 Å². The summed E-state index contributed by atoms with van der Waals surface area (Å²) in [7, 11) is 0. The topological polar surface area (TPSA) is 91.2 Å². The third-order valence-electron chi connectivity index (χ3n) is 3.85. The second-order valence-electron chi connectivity index (χ2n) is 5.91. The molecule has 0 radical (unpaired) electrons. The number of thioether (sulfide) groups is 1. The quantitative estimate of drug-likeness (QED) is 0.677. The Labute approximate surface area is 159 Å². The van der Waals surface area contributed by atoms with Gasteiger partial charge >= 0.3 is 0 Å². The van der Waals surface area contributed by atoms with E-state index in [1.807, 2.05) is 31.2 Å². The molecule has 0 aliphatic carbocycles. The minimum Gasteiger partial charge on any atom is -0.486 e. The van der Waals surface area contributed by atoms with Gasteiger partial charge in [-0.1, -0.05) is 23.9 Å². The van der Waals surface area contributed by atoms with Crippen LogP contribution in [0.25, 0.3) is 5.69 Å². The van der Waals surface area contributed by atoms with Crippen LogP contribution in [0.1, 0.15) is 5.56 Å². The molecule has 1 N–H and O–H groups in total. The van der Waals surface area contributed by atoms with Gasteiger partial charge in [-0.15, -0.1) is 5.10 Å². The van der Waals surface area contributed by atoms with E-state index in [1.165, 1.54) is 11.8 Å². The summed E-state index contributed by atoms with van der Waals surface area (Å²) >= 11 is 1.27. The van der Waals surface area contributed by atoms with E-state index in [1.54, 1.807) is 22.9 Å². The van der Waals surface area contributed by atoms with Gasteiger partial charge in [-0.3, -0.25) is 4.79 Å². The molecule has 0 spiro atoms. The fraction of sp³-hybridized carbons (Fsp3) is 0.222. The van der Waals surface area contributed by atoms with Crippen molar-refractivity contribution in [3.05, 3.63) is 48.0 Å². The summed E-state index contributed by atoms with van der Waals surface area (Å²) in [6, 6.07) is 13.2. The van der Waals surface area contributed by atoms with Crippen LogP contribution in [0, 0.1) is 6.92 Å². The fourth-order valence-electron chi connectivity index (χ4n) is 2.64. The maximum Gasteiger partial charge on any atom is 0.234 e. The van der Waals surface area contributed by atoms with Gasteiger partial charge in [-0.05, 0) is 47.2 Å². The number of nitrogens with zero attached hydrogens (tertiary/aromatic N) is 4. The monoisotopic (exact) mass is 383 g/mol. The van der Waals surface area contributed by atoms with Crippen LogP contribution in [0.3, 0.4) is 0 Å². The zero-order chi connectivity index (χ0) is 18.6. The van der Waals surface area contributed by atoms with Crippen molar-refractivity contribution in [3.63, 3.8) is 0 Å². The Balaban J connectivity index is 1.40. The average molecular weight is 383 g/mol. The number of benzene rings is 2. The molecule has 1 aliphatic heterocycles. The van der Waals surface area contributed by atoms with Crippen molar-refractivity contribution < 1.29 is 14.3 Å². The Bertz CT molecular complexity index is 975. The van der Waals surface area contributed by atoms with Gasteiger partial charge in [0.2, 0.25) is 11.1 Å². The van der Waals surface area contributed by atoms with E-state index in [-0.39, 0.29) is 11.7 Å². The van der Waals surface area contributed by atoms with Crippen LogP contribution >= 0.6 is 11.8 Å². The summed E-state index contributed by atoms with van der Waals surface area (Å²) in [5.74, 6) is 1.34. The molecule has 3 aromatic rings. The lowest BCUT2D eigenvalue weighted by Crippen LogP contribution is -2.17. The number of aryl methyl sites for hydroxylation is 1. The summed E-state index contributed by atoms with van der Waals surface area (Å²) in [4.78, 5) is 12.3. The molecule has 1 aromatic heterocycles. The molecular formula is C18H17N5O3S. The van der Waals surface area contributed by atoms with Gasteiger partial charge in [-0.2, -0.15) is 4.68 Å². The number of carbonyl (C=O) groups excluding carboxylic acids is 1. The van der Waals surface area contributed by atoms with Gasteiger partial charge in [0, 0.05) is 11.8 Å². The van der Waals surface area contributed by atoms with Gasteiger partial charge in [0.05, 0.1) is 11.4 Å². The lowest BCUT2D eigenvalue weighted by Gasteiger charge is -2.18. The zero-order valence-corrected chi connectivity index (χ0v) is 15.4. The normalized spacial score (nSPS) is 12.6. The molecular weight excluding hydrogens is 366 g/mol. The number of fused-ring (bicyclic) bond motifs is 1. The van der Waals surface area contributed by atoms with Crippen molar-refractivity contribution in [3.8, 4) is 17.2 Å². The van der Waals surface area contributed by atoms with Crippen molar-refractivity contribution in [2.75, 3.05) is 24.3 Å². The smallest absolute Gasteiger partial charge is 0.234 e. The summed E-state index contributed by atoms with van der Waals surface area (Å²) in [5, 5.41) is 15.1. The first-order valence-corrected chi connectivity index (χ1v) is 9.35. The number of hydrogen-bond donors (Lipinski definition) is 1. The van der Waals surface area contributed by atoms with Crippen molar-refractivity contribution in [1.29, 1.82) is 0 Å². The average Bonchev–Trinajstić information content (AvgIpc) is 3.15. The van der Waals surface area contributed by atoms with E-state index in [0.717, 1.165) is 11.3 Å². The maximum atomic E-state index is 12.3. The van der Waals surface area contributed by atoms with Crippen LogP contribution in [0.4, 0.5) is 5.69 Å². The molecule has 1 aliphatic rings. The summed E-state index contributed by atoms with van der Waals surface area (Å²) in [6.07, 6.45) is 0. The molecule has 0 saturated heterocycles. The number of anilines is 1. The highest BCUT2D eigenvalue weighted by atomic mass is 32.2. The number of amides is 1. The molecule has 9 heteroatoms. The molecule has 8 nitrogen and oxygen atoms in total. The zero-order valence-electron chi connectivity index (χ0n) is 14.6. The van der Waals surface area contributed by atoms with Crippen LogP contribution < -0.4 is 14.8 Å². The first-order chi connectivity index (χ1) is 13.2. The summed E-state index contributed by atoms with van der Waals surface area (Å²) in [6.45, 7) is 3.04. The van der Waals surface area contributed by atoms with Crippen molar-refractivity contribution >= 4 is 23.4 Å². The molecule has 0 bridgehead atoms. The molecule has 0 atom stereocenters. The third kappa shape index (κ3) is 4.03. The number of nitrogens with one attached hydrogen (secondary N) is 1. The first kappa shape index (κ1) is 17.3. The highest BCUT2D eigenvalue weighted by Crippen LogP contribution is 2.32. The van der Waals surface area contributed by atoms with E-state index < -0.39 is 0 Å². The second kappa shape index (κ2) is 7.67. The second-order valence-corrected chi connectivity index (χ2v) is 6.85. The highest BCUT2D eigenvalue weighted by molar-refractivity contribution is 7.99. The van der Waals surface area contributed by atoms with Crippen molar-refractivity contribution in [1.82, 2.24) is 20.2 Å². The van der Waals surface area contributed by atoms with Gasteiger partial charge in [0.1, 0.15) is 13.2 Å². The van der Waals surface area contributed by atoms with E-state index in [4.69, 9.17) is 9.47 Å². The standard InChI is InChI=1S/C18H17N5O3S/c1-12-3-2-4-14(9-12)23-18(20-21-22-23)27-11-17(24)19-13-5-6-15-16(10-13)26-8-7-25-15/h2-6,9-10H,7-8,11H2,1H3,(H,19,24). The molecule has 138 valence electrons. The van der Waals surface area contributed by atoms with E-state index in [9.17, 15) is 4.79 Å². The SMILES string of the molecule is Cc1cccc(-n2nnnc2SCC(=O)Nc2ccc3c(c2)OCCO3)c1. The van der Waals surface area contributed by atoms with Crippen LogP contribution in [-0.4, -0.2) is 45.1 Å². The Morgan fingerprint density at radius 2 is 2.04 bits per heavy atom. The van der Waals surface area contributed by atoms with E-state index >= 15 is 0 Å². The lowest BCUT2D eigenvalue weighted by atomic mass is 10.2. The minimum atomic E-state index is -0.157. The largest absolute Gasteiger partial charge is 0.486 e. The molecule has 0 saturated carbocycles. The molecule has 1 amide bonds. The summed E-state index contributed by atoms with van der Waals surface area (Å²) < 4.78 is 12.6. The number of rotatable bonds is 5. The van der Waals surface area contributed by atoms with Gasteiger partial charge in [0.25, 0.3) is 0 Å². The predicted molar refractivity (Wildman–Crippen MR) is 101 cm³/mol. The Kier molecular flexibility index (Phi) is 4.93. The van der Waals surface area contributed by atoms with Crippen molar-refractivity contribution in [2.24, 2.45) is 0 Å². The molecule has 2 heterocycles. The Hall–Kier alpha value is -3.07. The number of hydrogen-bond acceptors (Lipinski definition) is 7. The molecule has 0 fully saturated rings. The van der Waals surface area contributed by atoms with Crippen LogP contribution in [-0.2, 0) is 4.79 Å². The van der Waals surface area contributed by atoms with E-state index in [0.29, 0.717) is 35.6 Å². The predicted octanol–water partition coefficient (Wildman–Crippen LogP) is 2.47. The molecule has 27 heavy (non-hydrogen) atoms. The lowest BCUT2D eigenvalue weighted by molar-refractivity contribution is -0.113. The number of carbonyl (C=O) groups is 1. The Morgan fingerprint density at radius 3 is 2.89 bits per heavy atom. The number of tetrazole rings is 1. The molecule has 0 unspecified atom stereocenters. The molecule has 4 rings (SSSR count). The van der Waals surface area contributed by atoms with Crippen LogP contribution in [0.2, 0.25) is 0 Å². The van der Waals surface area contributed by atoms with Crippen LogP contribution in [0.15, 0.2) is 47.6 Å². The highest BCUT2D eigenvalue weighted by Gasteiger charge is 2.14. The van der Waals surface area contributed by atoms with Crippen LogP contribution in [0.5, 0.6) is 11.5 Å². The van der Waals surface area contributed by atoms with E-state index in [2.05, 4.69) is 20.8 Å². The number of aromatic nitrogens is 4. The molecule has 2 aromatic carbocycles. The van der Waals surface area contributed by atoms with Gasteiger partial charge < -0.3 is 14.8 Å². The van der Waals surface area contributed by atoms with Crippen molar-refractivity contribution in [2.45, 2.75) is 12.1 Å². The fourth-order valence-corrected chi connectivity index (χ4v) is 3.33. The first-order valence-electron chi connectivity index (χ1n) is 8.37. The number of ether oxygens (including phenoxy) is 2. The van der Waals surface area contributed by atoms with Gasteiger partial charge in [-0.25, -0.2) is 0 Å². The minimum absolute atomic E-state index is 0.157. The maximum absolute atomic E-state index is 12.3.